The maximum absolute atomic E-state index is 12.1. The predicted octanol–water partition coefficient (Wildman–Crippen LogP) is 0.300. The van der Waals surface area contributed by atoms with Gasteiger partial charge in [-0.1, -0.05) is 12.1 Å². The maximum Gasteiger partial charge on any atom is 0.234 e. The van der Waals surface area contributed by atoms with Crippen molar-refractivity contribution in [2.75, 3.05) is 13.7 Å². The summed E-state index contributed by atoms with van der Waals surface area (Å²) in [6.45, 7) is 4.32. The molecule has 4 N–H and O–H groups in total. The van der Waals surface area contributed by atoms with Crippen LogP contribution >= 0.6 is 0 Å². The summed E-state index contributed by atoms with van der Waals surface area (Å²) < 4.78 is 5.05. The van der Waals surface area contributed by atoms with Crippen LogP contribution in [0.5, 0.6) is 0 Å². The number of carbonyl (C=O) groups is 1. The smallest absolute Gasteiger partial charge is 0.234 e. The Morgan fingerprint density at radius 1 is 1.71 bits per heavy atom. The summed E-state index contributed by atoms with van der Waals surface area (Å²) in [6, 6.07) is 0. The Morgan fingerprint density at radius 2 is 2.29 bits per heavy atom. The molecule has 6 heteroatoms. The van der Waals surface area contributed by atoms with E-state index >= 15 is 0 Å². The van der Waals surface area contributed by atoms with Gasteiger partial charge in [0.05, 0.1) is 6.10 Å². The van der Waals surface area contributed by atoms with Gasteiger partial charge in [-0.25, -0.2) is 0 Å². The third kappa shape index (κ3) is 2.69. The minimum atomic E-state index is -0.832. The molecule has 1 rings (SSSR count). The van der Waals surface area contributed by atoms with Crippen molar-refractivity contribution < 1.29 is 14.7 Å². The number of amidine groups is 1. The molecule has 0 bridgehead atoms. The Kier molecular flexibility index (Phi) is 4.34. The molecule has 1 amide bonds. The van der Waals surface area contributed by atoms with Gasteiger partial charge in [-0.05, 0) is 25.7 Å². The lowest BCUT2D eigenvalue weighted by molar-refractivity contribution is -0.133. The predicted molar refractivity (Wildman–Crippen MR) is 63.7 cm³/mol. The molecular formula is C11H21N3O3. The number of rotatable bonds is 5. The van der Waals surface area contributed by atoms with Crippen molar-refractivity contribution in [2.45, 2.75) is 32.8 Å². The summed E-state index contributed by atoms with van der Waals surface area (Å²) in [5.74, 6) is 0.230. The molecule has 1 aliphatic rings. The lowest BCUT2D eigenvalue weighted by Crippen LogP contribution is -2.57. The lowest BCUT2D eigenvalue weighted by Gasteiger charge is -2.43. The zero-order valence-corrected chi connectivity index (χ0v) is 10.6. The first-order valence-corrected chi connectivity index (χ1v) is 5.75. The van der Waals surface area contributed by atoms with E-state index in [0.29, 0.717) is 25.3 Å². The summed E-state index contributed by atoms with van der Waals surface area (Å²) in [7, 11) is 1.58. The van der Waals surface area contributed by atoms with Crippen LogP contribution in [0, 0.1) is 11.3 Å². The van der Waals surface area contributed by atoms with Gasteiger partial charge in [-0.3, -0.25) is 4.79 Å². The Labute approximate surface area is 101 Å². The number of carbonyl (C=O) groups excluding carboxylic acids is 1. The summed E-state index contributed by atoms with van der Waals surface area (Å²) in [5.41, 5.74) is 4.79. The van der Waals surface area contributed by atoms with E-state index in [1.54, 1.807) is 7.11 Å². The number of hydrogen-bond donors (Lipinski definition) is 3. The van der Waals surface area contributed by atoms with E-state index in [4.69, 9.17) is 15.7 Å². The first kappa shape index (κ1) is 13.8. The molecule has 0 heterocycles. The SMILES string of the molecule is COC(C)CNC(=O)C1(C(N)=NO)CC(C)C1. The molecular weight excluding hydrogens is 222 g/mol. The lowest BCUT2D eigenvalue weighted by atomic mass is 9.61. The quantitative estimate of drug-likeness (QED) is 0.280. The van der Waals surface area contributed by atoms with Crippen LogP contribution in [0.2, 0.25) is 0 Å². The maximum atomic E-state index is 12.1. The van der Waals surface area contributed by atoms with E-state index < -0.39 is 5.41 Å². The number of nitrogens with one attached hydrogen (secondary N) is 1. The van der Waals surface area contributed by atoms with Gasteiger partial charge in [0.15, 0.2) is 5.84 Å². The fraction of sp³-hybridized carbons (Fsp3) is 0.818. The van der Waals surface area contributed by atoms with Crippen LogP contribution < -0.4 is 11.1 Å². The van der Waals surface area contributed by atoms with Crippen LogP contribution in [-0.4, -0.2) is 36.7 Å². The molecule has 0 radical (unpaired) electrons. The normalized spacial score (nSPS) is 30.5. The Morgan fingerprint density at radius 3 is 2.71 bits per heavy atom. The van der Waals surface area contributed by atoms with Crippen molar-refractivity contribution in [3.05, 3.63) is 0 Å². The van der Waals surface area contributed by atoms with Gasteiger partial charge in [-0.15, -0.1) is 0 Å². The number of ether oxygens (including phenoxy) is 1. The highest BCUT2D eigenvalue weighted by molar-refractivity contribution is 6.07. The van der Waals surface area contributed by atoms with Crippen molar-refractivity contribution in [1.29, 1.82) is 0 Å². The fourth-order valence-electron chi connectivity index (χ4n) is 2.23. The molecule has 0 spiro atoms. The molecule has 0 aliphatic heterocycles. The van der Waals surface area contributed by atoms with Crippen molar-refractivity contribution >= 4 is 11.7 Å². The summed E-state index contributed by atoms with van der Waals surface area (Å²) in [4.78, 5) is 12.1. The van der Waals surface area contributed by atoms with Gasteiger partial charge in [0.1, 0.15) is 5.41 Å². The number of hydrogen-bond acceptors (Lipinski definition) is 4. The molecule has 17 heavy (non-hydrogen) atoms. The molecule has 0 saturated heterocycles. The van der Waals surface area contributed by atoms with Crippen LogP contribution in [0.25, 0.3) is 0 Å². The Hall–Kier alpha value is -1.30. The van der Waals surface area contributed by atoms with Crippen LogP contribution in [0.15, 0.2) is 5.16 Å². The molecule has 0 aromatic heterocycles. The first-order chi connectivity index (χ1) is 7.96. The van der Waals surface area contributed by atoms with E-state index in [2.05, 4.69) is 10.5 Å². The zero-order valence-electron chi connectivity index (χ0n) is 10.6. The Bertz CT molecular complexity index is 311. The van der Waals surface area contributed by atoms with Gasteiger partial charge in [-0.2, -0.15) is 0 Å². The first-order valence-electron chi connectivity index (χ1n) is 5.75. The molecule has 6 nitrogen and oxygen atoms in total. The van der Waals surface area contributed by atoms with E-state index in [0.717, 1.165) is 0 Å². The average Bonchev–Trinajstić information content (AvgIpc) is 2.29. The van der Waals surface area contributed by atoms with E-state index in [1.165, 1.54) is 0 Å². The second kappa shape index (κ2) is 5.35. The van der Waals surface area contributed by atoms with Gasteiger partial charge < -0.3 is 21.0 Å². The van der Waals surface area contributed by atoms with E-state index in [-0.39, 0.29) is 17.8 Å². The fourth-order valence-corrected chi connectivity index (χ4v) is 2.23. The van der Waals surface area contributed by atoms with Crippen LogP contribution in [-0.2, 0) is 9.53 Å². The van der Waals surface area contributed by atoms with Gasteiger partial charge >= 0.3 is 0 Å². The molecule has 98 valence electrons. The number of amides is 1. The van der Waals surface area contributed by atoms with Crippen LogP contribution in [0.4, 0.5) is 0 Å². The molecule has 1 saturated carbocycles. The summed E-state index contributed by atoms with van der Waals surface area (Å²) >= 11 is 0. The minimum absolute atomic E-state index is 0.00169. The van der Waals surface area contributed by atoms with E-state index in [1.807, 2.05) is 13.8 Å². The zero-order chi connectivity index (χ0) is 13.1. The standard InChI is InChI=1S/C11H21N3O3/c1-7-4-11(5-7,9(12)14-16)10(15)13-6-8(2)17-3/h7-8,16H,4-6H2,1-3H3,(H2,12,14)(H,13,15). The Balaban J connectivity index is 2.64. The monoisotopic (exact) mass is 243 g/mol. The summed E-state index contributed by atoms with van der Waals surface area (Å²) in [5, 5.41) is 14.5. The van der Waals surface area contributed by atoms with Gasteiger partial charge in [0.25, 0.3) is 0 Å². The van der Waals surface area contributed by atoms with Crippen molar-refractivity contribution in [1.82, 2.24) is 5.32 Å². The largest absolute Gasteiger partial charge is 0.409 e. The van der Waals surface area contributed by atoms with Crippen LogP contribution in [0.1, 0.15) is 26.7 Å². The van der Waals surface area contributed by atoms with Crippen molar-refractivity contribution in [3.63, 3.8) is 0 Å². The molecule has 0 aromatic carbocycles. The number of nitrogens with zero attached hydrogens (tertiary/aromatic N) is 1. The van der Waals surface area contributed by atoms with Gasteiger partial charge in [0.2, 0.25) is 5.91 Å². The highest BCUT2D eigenvalue weighted by atomic mass is 16.5. The number of nitrogens with two attached hydrogens (primary N) is 1. The van der Waals surface area contributed by atoms with Crippen molar-refractivity contribution in [3.8, 4) is 0 Å². The van der Waals surface area contributed by atoms with Crippen LogP contribution in [0.3, 0.4) is 0 Å². The second-order valence-electron chi connectivity index (χ2n) is 4.84. The number of methoxy groups -OCH3 is 1. The molecule has 0 aromatic rings. The highest BCUT2D eigenvalue weighted by Gasteiger charge is 2.52. The third-order valence-corrected chi connectivity index (χ3v) is 3.38. The second-order valence-corrected chi connectivity index (χ2v) is 4.84. The minimum Gasteiger partial charge on any atom is -0.409 e. The summed E-state index contributed by atoms with van der Waals surface area (Å²) in [6.07, 6.45) is 1.19. The molecule has 1 aliphatic carbocycles. The highest BCUT2D eigenvalue weighted by Crippen LogP contribution is 2.45. The topological polar surface area (TPSA) is 96.9 Å². The van der Waals surface area contributed by atoms with Crippen molar-refractivity contribution in [2.24, 2.45) is 22.2 Å². The molecule has 1 unspecified atom stereocenters. The molecule has 1 fully saturated rings. The molecule has 1 atom stereocenters. The number of oxime groups is 1. The average molecular weight is 243 g/mol. The third-order valence-electron chi connectivity index (χ3n) is 3.38. The van der Waals surface area contributed by atoms with Gasteiger partial charge in [0, 0.05) is 13.7 Å². The van der Waals surface area contributed by atoms with E-state index in [9.17, 15) is 4.79 Å².